The van der Waals surface area contributed by atoms with Crippen molar-refractivity contribution in [2.45, 2.75) is 45.3 Å². The molecule has 2 aromatic carbocycles. The molecule has 1 heterocycles. The summed E-state index contributed by atoms with van der Waals surface area (Å²) < 4.78 is 11.4. The summed E-state index contributed by atoms with van der Waals surface area (Å²) in [5.41, 5.74) is 1.88. The number of hydrogen-bond acceptors (Lipinski definition) is 4. The van der Waals surface area contributed by atoms with E-state index in [2.05, 4.69) is 0 Å². The monoisotopic (exact) mass is 364 g/mol. The molecule has 4 nitrogen and oxygen atoms in total. The van der Waals surface area contributed by atoms with E-state index in [1.54, 1.807) is 25.1 Å². The van der Waals surface area contributed by atoms with Crippen molar-refractivity contribution in [1.82, 2.24) is 0 Å². The maximum atomic E-state index is 12.4. The minimum absolute atomic E-state index is 0.0485. The van der Waals surface area contributed by atoms with E-state index in [1.165, 1.54) is 0 Å². The molecular formula is C23H24O4. The van der Waals surface area contributed by atoms with Crippen LogP contribution in [0.25, 0.3) is 6.08 Å². The zero-order chi connectivity index (χ0) is 19.4. The molecule has 0 aromatic heterocycles. The number of ether oxygens (including phenoxy) is 2. The molecule has 0 aliphatic carbocycles. The van der Waals surface area contributed by atoms with Crippen molar-refractivity contribution in [2.24, 2.45) is 0 Å². The van der Waals surface area contributed by atoms with Gasteiger partial charge in [0.05, 0.1) is 18.4 Å². The number of carbonyl (C=O) groups excluding carboxylic acids is 2. The van der Waals surface area contributed by atoms with Crippen LogP contribution >= 0.6 is 0 Å². The summed E-state index contributed by atoms with van der Waals surface area (Å²) in [6.07, 6.45) is 3.78. The lowest BCUT2D eigenvalue weighted by atomic mass is 9.91. The summed E-state index contributed by atoms with van der Waals surface area (Å²) in [5, 5.41) is 0. The van der Waals surface area contributed by atoms with Crippen LogP contribution in [0.15, 0.2) is 54.6 Å². The topological polar surface area (TPSA) is 52.6 Å². The first kappa shape index (κ1) is 18.9. The fourth-order valence-electron chi connectivity index (χ4n) is 3.09. The molecule has 1 atom stereocenters. The van der Waals surface area contributed by atoms with Crippen LogP contribution < -0.4 is 4.74 Å². The molecule has 0 spiro atoms. The van der Waals surface area contributed by atoms with Crippen LogP contribution in [-0.4, -0.2) is 17.4 Å². The van der Waals surface area contributed by atoms with Gasteiger partial charge in [0.15, 0.2) is 5.78 Å². The van der Waals surface area contributed by atoms with E-state index in [0.29, 0.717) is 17.7 Å². The maximum absolute atomic E-state index is 12.4. The standard InChI is InChI=1S/C23H24O4/c1-16(26-22(25)11-7-10-17-8-5-4-6-9-17)18-12-13-21-19(14-18)20(24)15-23(2,3)27-21/h4-10,12-14,16H,11,15H2,1-3H3/b10-7+. The summed E-state index contributed by atoms with van der Waals surface area (Å²) in [7, 11) is 0. The zero-order valence-electron chi connectivity index (χ0n) is 15.9. The van der Waals surface area contributed by atoms with E-state index < -0.39 is 11.7 Å². The van der Waals surface area contributed by atoms with Gasteiger partial charge in [0.2, 0.25) is 0 Å². The third-order valence-electron chi connectivity index (χ3n) is 4.45. The van der Waals surface area contributed by atoms with Crippen LogP contribution in [0.3, 0.4) is 0 Å². The largest absolute Gasteiger partial charge is 0.487 e. The number of fused-ring (bicyclic) bond motifs is 1. The fraction of sp³-hybridized carbons (Fsp3) is 0.304. The van der Waals surface area contributed by atoms with Gasteiger partial charge in [-0.25, -0.2) is 0 Å². The predicted molar refractivity (Wildman–Crippen MR) is 105 cm³/mol. The number of ketones is 1. The summed E-state index contributed by atoms with van der Waals surface area (Å²) in [6, 6.07) is 15.2. The normalized spacial score (nSPS) is 16.5. The number of Topliss-reactive ketones (excluding diaryl/α,β-unsaturated/α-hetero) is 1. The van der Waals surface area contributed by atoms with Crippen molar-refractivity contribution in [1.29, 1.82) is 0 Å². The average molecular weight is 364 g/mol. The minimum atomic E-state index is -0.491. The van der Waals surface area contributed by atoms with Crippen LogP contribution in [0.2, 0.25) is 0 Å². The molecule has 3 rings (SSSR count). The fourth-order valence-corrected chi connectivity index (χ4v) is 3.09. The Kier molecular flexibility index (Phi) is 5.45. The summed E-state index contributed by atoms with van der Waals surface area (Å²) in [5.74, 6) is 0.327. The van der Waals surface area contributed by atoms with Gasteiger partial charge in [-0.05, 0) is 44.0 Å². The quantitative estimate of drug-likeness (QED) is 0.690. The van der Waals surface area contributed by atoms with E-state index >= 15 is 0 Å². The van der Waals surface area contributed by atoms with Crippen molar-refractivity contribution in [2.75, 3.05) is 0 Å². The van der Waals surface area contributed by atoms with Crippen LogP contribution in [-0.2, 0) is 9.53 Å². The van der Waals surface area contributed by atoms with Crippen LogP contribution in [0.5, 0.6) is 5.75 Å². The minimum Gasteiger partial charge on any atom is -0.487 e. The smallest absolute Gasteiger partial charge is 0.310 e. The summed E-state index contributed by atoms with van der Waals surface area (Å²) >= 11 is 0. The molecule has 0 radical (unpaired) electrons. The molecule has 1 unspecified atom stereocenters. The van der Waals surface area contributed by atoms with Gasteiger partial charge >= 0.3 is 5.97 Å². The maximum Gasteiger partial charge on any atom is 0.310 e. The van der Waals surface area contributed by atoms with Gasteiger partial charge in [0.1, 0.15) is 17.5 Å². The molecule has 2 aromatic rings. The second-order valence-electron chi connectivity index (χ2n) is 7.37. The first-order valence-corrected chi connectivity index (χ1v) is 9.11. The molecule has 140 valence electrons. The molecule has 1 aliphatic heterocycles. The Balaban J connectivity index is 1.62. The molecule has 0 fully saturated rings. The highest BCUT2D eigenvalue weighted by Crippen LogP contribution is 2.35. The van der Waals surface area contributed by atoms with Crippen molar-refractivity contribution in [3.8, 4) is 5.75 Å². The van der Waals surface area contributed by atoms with Crippen molar-refractivity contribution >= 4 is 17.8 Å². The van der Waals surface area contributed by atoms with Crippen LogP contribution in [0.4, 0.5) is 0 Å². The molecule has 4 heteroatoms. The number of carbonyl (C=O) groups is 2. The number of rotatable bonds is 5. The van der Waals surface area contributed by atoms with Gasteiger partial charge in [0.25, 0.3) is 0 Å². The molecule has 0 saturated carbocycles. The van der Waals surface area contributed by atoms with E-state index in [9.17, 15) is 9.59 Å². The van der Waals surface area contributed by atoms with Gasteiger partial charge in [-0.1, -0.05) is 48.6 Å². The average Bonchev–Trinajstić information content (AvgIpc) is 2.61. The van der Waals surface area contributed by atoms with Crippen molar-refractivity contribution < 1.29 is 19.1 Å². The highest BCUT2D eigenvalue weighted by molar-refractivity contribution is 6.00. The first-order valence-electron chi connectivity index (χ1n) is 9.11. The molecule has 1 aliphatic rings. The van der Waals surface area contributed by atoms with Crippen LogP contribution in [0.1, 0.15) is 61.2 Å². The van der Waals surface area contributed by atoms with Crippen LogP contribution in [0, 0.1) is 0 Å². The lowest BCUT2D eigenvalue weighted by Gasteiger charge is -2.32. The number of esters is 1. The second kappa shape index (κ2) is 7.78. The van der Waals surface area contributed by atoms with Crippen molar-refractivity contribution in [3.63, 3.8) is 0 Å². The summed E-state index contributed by atoms with van der Waals surface area (Å²) in [4.78, 5) is 24.5. The van der Waals surface area contributed by atoms with E-state index in [-0.39, 0.29) is 18.2 Å². The Hall–Kier alpha value is -2.88. The second-order valence-corrected chi connectivity index (χ2v) is 7.37. The Morgan fingerprint density at radius 3 is 2.70 bits per heavy atom. The molecule has 0 amide bonds. The highest BCUT2D eigenvalue weighted by atomic mass is 16.5. The molecule has 27 heavy (non-hydrogen) atoms. The highest BCUT2D eigenvalue weighted by Gasteiger charge is 2.32. The molecule has 0 bridgehead atoms. The van der Waals surface area contributed by atoms with E-state index in [1.807, 2.05) is 56.3 Å². The van der Waals surface area contributed by atoms with E-state index in [4.69, 9.17) is 9.47 Å². The third-order valence-corrected chi connectivity index (χ3v) is 4.45. The summed E-state index contributed by atoms with van der Waals surface area (Å²) in [6.45, 7) is 5.60. The number of hydrogen-bond donors (Lipinski definition) is 0. The Bertz CT molecular complexity index is 865. The molecular weight excluding hydrogens is 340 g/mol. The van der Waals surface area contributed by atoms with Gasteiger partial charge in [-0.15, -0.1) is 0 Å². The van der Waals surface area contributed by atoms with Gasteiger partial charge in [-0.3, -0.25) is 9.59 Å². The van der Waals surface area contributed by atoms with Gasteiger partial charge in [-0.2, -0.15) is 0 Å². The van der Waals surface area contributed by atoms with Crippen molar-refractivity contribution in [3.05, 3.63) is 71.3 Å². The lowest BCUT2D eigenvalue weighted by molar-refractivity contribution is -0.147. The Labute approximate surface area is 159 Å². The predicted octanol–water partition coefficient (Wildman–Crippen LogP) is 5.14. The lowest BCUT2D eigenvalue weighted by Crippen LogP contribution is -2.35. The third kappa shape index (κ3) is 4.85. The zero-order valence-corrected chi connectivity index (χ0v) is 15.9. The Morgan fingerprint density at radius 1 is 1.22 bits per heavy atom. The number of benzene rings is 2. The van der Waals surface area contributed by atoms with Gasteiger partial charge < -0.3 is 9.47 Å². The Morgan fingerprint density at radius 2 is 1.96 bits per heavy atom. The SMILES string of the molecule is CC(OC(=O)C/C=C/c1ccccc1)c1ccc2c(c1)C(=O)CC(C)(C)O2. The first-order chi connectivity index (χ1) is 12.8. The molecule has 0 N–H and O–H groups in total. The van der Waals surface area contributed by atoms with Gasteiger partial charge in [0, 0.05) is 0 Å². The van der Waals surface area contributed by atoms with E-state index in [0.717, 1.165) is 11.1 Å². The molecule has 0 saturated heterocycles.